The minimum atomic E-state index is -0.559. The van der Waals surface area contributed by atoms with Crippen LogP contribution in [0.3, 0.4) is 0 Å². The van der Waals surface area contributed by atoms with Crippen LogP contribution in [-0.2, 0) is 14.3 Å². The summed E-state index contributed by atoms with van der Waals surface area (Å²) in [5.74, 6) is 0.624. The third kappa shape index (κ3) is 6.79. The van der Waals surface area contributed by atoms with Crippen LogP contribution in [-0.4, -0.2) is 38.4 Å². The molecule has 1 aliphatic rings. The Bertz CT molecular complexity index is 290. The summed E-state index contributed by atoms with van der Waals surface area (Å²) in [4.78, 5) is 11.9. The van der Waals surface area contributed by atoms with Crippen LogP contribution >= 0.6 is 0 Å². The normalized spacial score (nSPS) is 18.6. The van der Waals surface area contributed by atoms with E-state index >= 15 is 0 Å². The van der Waals surface area contributed by atoms with E-state index in [1.54, 1.807) is 0 Å². The van der Waals surface area contributed by atoms with E-state index in [1.807, 2.05) is 6.92 Å². The SMILES string of the molecule is CCCNC(C)(CCCCOCC1CCCC1)C(=O)OC. The zero-order valence-corrected chi connectivity index (χ0v) is 14.1. The lowest BCUT2D eigenvalue weighted by atomic mass is 9.94. The van der Waals surface area contributed by atoms with Crippen molar-refractivity contribution in [3.63, 3.8) is 0 Å². The van der Waals surface area contributed by atoms with E-state index in [2.05, 4.69) is 12.2 Å². The predicted molar refractivity (Wildman–Crippen MR) is 85.3 cm³/mol. The van der Waals surface area contributed by atoms with E-state index < -0.39 is 5.54 Å². The van der Waals surface area contributed by atoms with Gasteiger partial charge in [-0.05, 0) is 57.9 Å². The summed E-state index contributed by atoms with van der Waals surface area (Å²) in [6.45, 7) is 6.60. The second-order valence-corrected chi connectivity index (χ2v) is 6.43. The highest BCUT2D eigenvalue weighted by Gasteiger charge is 2.32. The number of unbranched alkanes of at least 4 members (excludes halogenated alkanes) is 1. The van der Waals surface area contributed by atoms with Crippen LogP contribution in [0.4, 0.5) is 0 Å². The molecule has 0 aromatic rings. The van der Waals surface area contributed by atoms with E-state index in [4.69, 9.17) is 9.47 Å². The van der Waals surface area contributed by atoms with Crippen LogP contribution in [0.5, 0.6) is 0 Å². The molecule has 1 aliphatic carbocycles. The molecule has 0 amide bonds. The third-order valence-corrected chi connectivity index (χ3v) is 4.44. The molecule has 1 unspecified atom stereocenters. The van der Waals surface area contributed by atoms with Gasteiger partial charge in [-0.3, -0.25) is 4.79 Å². The number of carbonyl (C=O) groups excluding carboxylic acids is 1. The quantitative estimate of drug-likeness (QED) is 0.470. The van der Waals surface area contributed by atoms with Gasteiger partial charge in [-0.15, -0.1) is 0 Å². The van der Waals surface area contributed by atoms with Gasteiger partial charge in [-0.1, -0.05) is 19.8 Å². The number of methoxy groups -OCH3 is 1. The summed E-state index contributed by atoms with van der Waals surface area (Å²) >= 11 is 0. The molecule has 1 atom stereocenters. The lowest BCUT2D eigenvalue weighted by Gasteiger charge is -2.28. The Morgan fingerprint density at radius 3 is 2.62 bits per heavy atom. The molecule has 0 aliphatic heterocycles. The predicted octanol–water partition coefficient (Wildman–Crippen LogP) is 3.29. The Labute approximate surface area is 130 Å². The lowest BCUT2D eigenvalue weighted by Crippen LogP contribution is -2.50. The van der Waals surface area contributed by atoms with Crippen LogP contribution in [0.25, 0.3) is 0 Å². The molecule has 0 heterocycles. The Kier molecular flexibility index (Phi) is 8.93. The summed E-state index contributed by atoms with van der Waals surface area (Å²) in [5.41, 5.74) is -0.559. The van der Waals surface area contributed by atoms with Gasteiger partial charge in [-0.25, -0.2) is 0 Å². The standard InChI is InChI=1S/C17H33NO3/c1-4-12-18-17(2,16(19)20-3)11-7-8-13-21-14-15-9-5-6-10-15/h15,18H,4-14H2,1-3H3. The van der Waals surface area contributed by atoms with E-state index in [0.29, 0.717) is 0 Å². The van der Waals surface area contributed by atoms with Crippen molar-refractivity contribution >= 4 is 5.97 Å². The van der Waals surface area contributed by atoms with E-state index in [9.17, 15) is 4.79 Å². The molecular formula is C17H33NO3. The first kappa shape index (κ1) is 18.4. The number of hydrogen-bond donors (Lipinski definition) is 1. The highest BCUT2D eigenvalue weighted by molar-refractivity contribution is 5.80. The molecule has 0 radical (unpaired) electrons. The first-order valence-corrected chi connectivity index (χ1v) is 8.53. The van der Waals surface area contributed by atoms with Crippen molar-refractivity contribution in [3.05, 3.63) is 0 Å². The molecule has 1 rings (SSSR count). The first-order chi connectivity index (χ1) is 10.1. The highest BCUT2D eigenvalue weighted by atomic mass is 16.5. The maximum atomic E-state index is 11.9. The summed E-state index contributed by atoms with van der Waals surface area (Å²) in [7, 11) is 1.46. The average Bonchev–Trinajstić information content (AvgIpc) is 3.01. The van der Waals surface area contributed by atoms with Crippen molar-refractivity contribution in [1.82, 2.24) is 5.32 Å². The maximum absolute atomic E-state index is 11.9. The van der Waals surface area contributed by atoms with Crippen LogP contribution in [0.2, 0.25) is 0 Å². The number of hydrogen-bond acceptors (Lipinski definition) is 4. The molecule has 0 spiro atoms. The van der Waals surface area contributed by atoms with Crippen molar-refractivity contribution < 1.29 is 14.3 Å². The zero-order valence-electron chi connectivity index (χ0n) is 14.1. The molecular weight excluding hydrogens is 266 g/mol. The second kappa shape index (κ2) is 10.2. The Morgan fingerprint density at radius 2 is 2.00 bits per heavy atom. The second-order valence-electron chi connectivity index (χ2n) is 6.43. The van der Waals surface area contributed by atoms with Crippen molar-refractivity contribution in [2.24, 2.45) is 5.92 Å². The van der Waals surface area contributed by atoms with E-state index in [-0.39, 0.29) is 5.97 Å². The average molecular weight is 299 g/mol. The zero-order chi connectivity index (χ0) is 15.6. The summed E-state index contributed by atoms with van der Waals surface area (Å²) in [6.07, 6.45) is 9.20. The van der Waals surface area contributed by atoms with Crippen LogP contribution < -0.4 is 5.32 Å². The van der Waals surface area contributed by atoms with Gasteiger partial charge in [0.15, 0.2) is 0 Å². The molecule has 1 N–H and O–H groups in total. The summed E-state index contributed by atoms with van der Waals surface area (Å²) in [6, 6.07) is 0. The van der Waals surface area contributed by atoms with Crippen molar-refractivity contribution in [1.29, 1.82) is 0 Å². The summed E-state index contributed by atoms with van der Waals surface area (Å²) in [5, 5.41) is 3.32. The largest absolute Gasteiger partial charge is 0.468 e. The Balaban J connectivity index is 2.15. The van der Waals surface area contributed by atoms with Gasteiger partial charge in [-0.2, -0.15) is 0 Å². The lowest BCUT2D eigenvalue weighted by molar-refractivity contribution is -0.148. The smallest absolute Gasteiger partial charge is 0.325 e. The maximum Gasteiger partial charge on any atom is 0.325 e. The van der Waals surface area contributed by atoms with E-state index in [1.165, 1.54) is 32.8 Å². The van der Waals surface area contributed by atoms with Crippen molar-refractivity contribution in [2.75, 3.05) is 26.9 Å². The van der Waals surface area contributed by atoms with Gasteiger partial charge in [0.05, 0.1) is 7.11 Å². The van der Waals surface area contributed by atoms with Crippen LogP contribution in [0, 0.1) is 5.92 Å². The van der Waals surface area contributed by atoms with Crippen LogP contribution in [0.1, 0.15) is 65.2 Å². The molecule has 21 heavy (non-hydrogen) atoms. The number of nitrogens with one attached hydrogen (secondary N) is 1. The summed E-state index contributed by atoms with van der Waals surface area (Å²) < 4.78 is 10.7. The fraction of sp³-hybridized carbons (Fsp3) is 0.941. The van der Waals surface area contributed by atoms with Crippen molar-refractivity contribution in [2.45, 2.75) is 70.8 Å². The molecule has 1 saturated carbocycles. The molecule has 0 bridgehead atoms. The van der Waals surface area contributed by atoms with Gasteiger partial charge in [0.2, 0.25) is 0 Å². The Morgan fingerprint density at radius 1 is 1.29 bits per heavy atom. The van der Waals surface area contributed by atoms with Crippen molar-refractivity contribution in [3.8, 4) is 0 Å². The van der Waals surface area contributed by atoms with Gasteiger partial charge in [0.25, 0.3) is 0 Å². The molecule has 4 nitrogen and oxygen atoms in total. The molecule has 0 aromatic heterocycles. The van der Waals surface area contributed by atoms with E-state index in [0.717, 1.165) is 51.4 Å². The molecule has 124 valence electrons. The monoisotopic (exact) mass is 299 g/mol. The highest BCUT2D eigenvalue weighted by Crippen LogP contribution is 2.24. The topological polar surface area (TPSA) is 47.6 Å². The molecule has 0 saturated heterocycles. The fourth-order valence-corrected chi connectivity index (χ4v) is 3.00. The van der Waals surface area contributed by atoms with Gasteiger partial charge in [0.1, 0.15) is 5.54 Å². The molecule has 4 heteroatoms. The number of rotatable bonds is 11. The first-order valence-electron chi connectivity index (χ1n) is 8.53. The van der Waals surface area contributed by atoms with Gasteiger partial charge >= 0.3 is 5.97 Å². The minimum Gasteiger partial charge on any atom is -0.468 e. The molecule has 0 aromatic carbocycles. The number of esters is 1. The van der Waals surface area contributed by atoms with Gasteiger partial charge in [0, 0.05) is 13.2 Å². The third-order valence-electron chi connectivity index (χ3n) is 4.44. The van der Waals surface area contributed by atoms with Crippen LogP contribution in [0.15, 0.2) is 0 Å². The number of carbonyl (C=O) groups is 1. The minimum absolute atomic E-state index is 0.164. The van der Waals surface area contributed by atoms with Gasteiger partial charge < -0.3 is 14.8 Å². The number of ether oxygens (including phenoxy) is 2. The molecule has 1 fully saturated rings. The fourth-order valence-electron chi connectivity index (χ4n) is 3.00. The Hall–Kier alpha value is -0.610.